The molecule has 1 aromatic heterocycles. The van der Waals surface area contributed by atoms with Crippen LogP contribution in [-0.4, -0.2) is 52.5 Å². The van der Waals surface area contributed by atoms with Crippen LogP contribution in [0.2, 0.25) is 0 Å². The second-order valence-corrected chi connectivity index (χ2v) is 5.86. The Bertz CT molecular complexity index is 719. The zero-order valence-corrected chi connectivity index (χ0v) is 13.2. The van der Waals surface area contributed by atoms with Crippen molar-refractivity contribution in [2.45, 2.75) is 18.9 Å². The highest BCUT2D eigenvalue weighted by Gasteiger charge is 2.30. The molecule has 4 rings (SSSR count). The number of fused-ring (bicyclic) bond motifs is 1. The minimum absolute atomic E-state index is 0.170. The molecule has 2 aliphatic rings. The van der Waals surface area contributed by atoms with Crippen LogP contribution < -0.4 is 10.1 Å². The van der Waals surface area contributed by atoms with E-state index < -0.39 is 0 Å². The van der Waals surface area contributed by atoms with Gasteiger partial charge in [0.05, 0.1) is 19.8 Å². The number of hydrogen-bond acceptors (Lipinski definition) is 5. The predicted octanol–water partition coefficient (Wildman–Crippen LogP) is 1.74. The number of morpholine rings is 1. The van der Waals surface area contributed by atoms with E-state index in [4.69, 9.17) is 9.47 Å². The quantitative estimate of drug-likeness (QED) is 0.875. The lowest BCUT2D eigenvalue weighted by molar-refractivity contribution is 0.0118. The Morgan fingerprint density at radius 3 is 3.21 bits per heavy atom. The van der Waals surface area contributed by atoms with Gasteiger partial charge >= 0.3 is 6.03 Å². The summed E-state index contributed by atoms with van der Waals surface area (Å²) < 4.78 is 11.1. The van der Waals surface area contributed by atoms with Crippen molar-refractivity contribution in [2.24, 2.45) is 0 Å². The molecule has 2 aromatic rings. The molecule has 2 N–H and O–H groups in total. The number of aromatic nitrogens is 3. The van der Waals surface area contributed by atoms with Gasteiger partial charge < -0.3 is 19.7 Å². The van der Waals surface area contributed by atoms with Gasteiger partial charge in [-0.3, -0.25) is 5.10 Å². The Labute approximate surface area is 139 Å². The van der Waals surface area contributed by atoms with E-state index in [1.807, 2.05) is 18.2 Å². The van der Waals surface area contributed by atoms with Crippen molar-refractivity contribution in [3.8, 4) is 5.75 Å². The summed E-state index contributed by atoms with van der Waals surface area (Å²) in [6.45, 7) is 2.17. The van der Waals surface area contributed by atoms with Crippen molar-refractivity contribution in [3.63, 3.8) is 0 Å². The van der Waals surface area contributed by atoms with Crippen molar-refractivity contribution in [2.75, 3.05) is 31.7 Å². The molecule has 1 atom stereocenters. The van der Waals surface area contributed by atoms with Gasteiger partial charge in [0, 0.05) is 12.2 Å². The number of H-pyrrole nitrogens is 1. The largest absolute Gasteiger partial charge is 0.493 e. The molecular weight excluding hydrogens is 310 g/mol. The van der Waals surface area contributed by atoms with E-state index in [9.17, 15) is 4.79 Å². The van der Waals surface area contributed by atoms with Crippen molar-refractivity contribution in [1.29, 1.82) is 0 Å². The Kier molecular flexibility index (Phi) is 4.04. The van der Waals surface area contributed by atoms with Crippen LogP contribution in [0.15, 0.2) is 24.5 Å². The fraction of sp³-hybridized carbons (Fsp3) is 0.438. The van der Waals surface area contributed by atoms with E-state index in [-0.39, 0.29) is 12.1 Å². The highest BCUT2D eigenvalue weighted by molar-refractivity contribution is 5.90. The number of hydrogen-bond donors (Lipinski definition) is 2. The summed E-state index contributed by atoms with van der Waals surface area (Å²) in [5.74, 6) is 1.54. The lowest BCUT2D eigenvalue weighted by atomic mass is 10.1. The summed E-state index contributed by atoms with van der Waals surface area (Å²) in [5, 5.41) is 9.64. The first-order valence-corrected chi connectivity index (χ1v) is 8.07. The number of carbonyl (C=O) groups is 1. The van der Waals surface area contributed by atoms with Gasteiger partial charge in [-0.05, 0) is 36.6 Å². The van der Waals surface area contributed by atoms with Gasteiger partial charge in [-0.15, -0.1) is 0 Å². The van der Waals surface area contributed by atoms with Crippen LogP contribution in [0.1, 0.15) is 23.9 Å². The number of ether oxygens (including phenoxy) is 2. The standard InChI is InChI=1S/C16H19N5O3/c22-16(19-12-3-4-14-11(8-12)2-1-6-24-14)21-5-7-23-9-13(21)15-17-10-18-20-15/h3-4,8,10,13H,1-2,5-7,9H2,(H,19,22)(H,17,18,20)/t13-/m1/s1. The summed E-state index contributed by atoms with van der Waals surface area (Å²) in [5.41, 5.74) is 1.90. The first-order valence-electron chi connectivity index (χ1n) is 8.07. The van der Waals surface area contributed by atoms with E-state index in [0.29, 0.717) is 25.6 Å². The molecule has 8 heteroatoms. The second kappa shape index (κ2) is 6.48. The second-order valence-electron chi connectivity index (χ2n) is 5.86. The van der Waals surface area contributed by atoms with Gasteiger partial charge in [0.15, 0.2) is 0 Å². The minimum Gasteiger partial charge on any atom is -0.493 e. The van der Waals surface area contributed by atoms with E-state index in [1.54, 1.807) is 4.90 Å². The van der Waals surface area contributed by atoms with E-state index in [0.717, 1.165) is 36.4 Å². The lowest BCUT2D eigenvalue weighted by Gasteiger charge is -2.34. The molecule has 1 saturated heterocycles. The molecule has 0 bridgehead atoms. The lowest BCUT2D eigenvalue weighted by Crippen LogP contribution is -2.45. The Hall–Kier alpha value is -2.61. The van der Waals surface area contributed by atoms with Crippen molar-refractivity contribution in [3.05, 3.63) is 35.9 Å². The molecule has 2 aliphatic heterocycles. The van der Waals surface area contributed by atoms with Gasteiger partial charge in [-0.1, -0.05) is 0 Å². The van der Waals surface area contributed by atoms with Crippen molar-refractivity contribution < 1.29 is 14.3 Å². The molecule has 0 radical (unpaired) electrons. The van der Waals surface area contributed by atoms with Gasteiger partial charge in [0.1, 0.15) is 23.9 Å². The number of anilines is 1. The molecule has 126 valence electrons. The first-order chi connectivity index (χ1) is 11.8. The topological polar surface area (TPSA) is 92.4 Å². The molecule has 1 fully saturated rings. The summed E-state index contributed by atoms with van der Waals surface area (Å²) in [7, 11) is 0. The van der Waals surface area contributed by atoms with Crippen molar-refractivity contribution >= 4 is 11.7 Å². The van der Waals surface area contributed by atoms with Crippen LogP contribution in [0.5, 0.6) is 5.75 Å². The fourth-order valence-corrected chi connectivity index (χ4v) is 3.08. The van der Waals surface area contributed by atoms with Gasteiger partial charge in [-0.25, -0.2) is 9.78 Å². The molecule has 24 heavy (non-hydrogen) atoms. The molecular formula is C16H19N5O3. The van der Waals surface area contributed by atoms with Crippen LogP contribution in [0.25, 0.3) is 0 Å². The average Bonchev–Trinajstić information content (AvgIpc) is 3.16. The maximum Gasteiger partial charge on any atom is 0.322 e. The molecule has 3 heterocycles. The molecule has 0 spiro atoms. The summed E-state index contributed by atoms with van der Waals surface area (Å²) >= 11 is 0. The minimum atomic E-state index is -0.262. The normalized spacial score (nSPS) is 20.2. The summed E-state index contributed by atoms with van der Waals surface area (Å²) in [6, 6.07) is 5.33. The number of aryl methyl sites for hydroxylation is 1. The summed E-state index contributed by atoms with van der Waals surface area (Å²) in [4.78, 5) is 18.6. The average molecular weight is 329 g/mol. The number of benzene rings is 1. The zero-order chi connectivity index (χ0) is 16.4. The van der Waals surface area contributed by atoms with Crippen LogP contribution in [0.4, 0.5) is 10.5 Å². The van der Waals surface area contributed by atoms with E-state index >= 15 is 0 Å². The number of rotatable bonds is 2. The summed E-state index contributed by atoms with van der Waals surface area (Å²) in [6.07, 6.45) is 3.40. The number of carbonyl (C=O) groups excluding carboxylic acids is 1. The Morgan fingerprint density at radius 2 is 2.33 bits per heavy atom. The SMILES string of the molecule is O=C(Nc1ccc2c(c1)CCCO2)N1CCOC[C@@H]1c1ncn[nH]1. The third-order valence-electron chi connectivity index (χ3n) is 4.30. The molecule has 0 unspecified atom stereocenters. The smallest absolute Gasteiger partial charge is 0.322 e. The maximum atomic E-state index is 12.7. The third-order valence-corrected chi connectivity index (χ3v) is 4.30. The van der Waals surface area contributed by atoms with E-state index in [2.05, 4.69) is 20.5 Å². The monoisotopic (exact) mass is 329 g/mol. The number of aromatic amines is 1. The molecule has 1 aromatic carbocycles. The zero-order valence-electron chi connectivity index (χ0n) is 13.2. The number of nitrogens with one attached hydrogen (secondary N) is 2. The first kappa shape index (κ1) is 14.9. The molecule has 0 aliphatic carbocycles. The molecule has 2 amide bonds. The number of amides is 2. The number of nitrogens with zero attached hydrogens (tertiary/aromatic N) is 3. The maximum absolute atomic E-state index is 12.7. The van der Waals surface area contributed by atoms with E-state index in [1.165, 1.54) is 6.33 Å². The predicted molar refractivity (Wildman–Crippen MR) is 85.9 cm³/mol. The van der Waals surface area contributed by atoms with Crippen LogP contribution in [0.3, 0.4) is 0 Å². The number of urea groups is 1. The van der Waals surface area contributed by atoms with Crippen molar-refractivity contribution in [1.82, 2.24) is 20.1 Å². The van der Waals surface area contributed by atoms with Crippen LogP contribution >= 0.6 is 0 Å². The molecule has 0 saturated carbocycles. The van der Waals surface area contributed by atoms with Gasteiger partial charge in [0.25, 0.3) is 0 Å². The molecule has 8 nitrogen and oxygen atoms in total. The van der Waals surface area contributed by atoms with Gasteiger partial charge in [-0.2, -0.15) is 5.10 Å². The van der Waals surface area contributed by atoms with Crippen LogP contribution in [-0.2, 0) is 11.2 Å². The van der Waals surface area contributed by atoms with Crippen LogP contribution in [0, 0.1) is 0 Å². The highest BCUT2D eigenvalue weighted by Crippen LogP contribution is 2.28. The fourth-order valence-electron chi connectivity index (χ4n) is 3.08. The van der Waals surface area contributed by atoms with Gasteiger partial charge in [0.2, 0.25) is 0 Å². The Balaban J connectivity index is 1.50. The third kappa shape index (κ3) is 2.92. The highest BCUT2D eigenvalue weighted by atomic mass is 16.5. The Morgan fingerprint density at radius 1 is 1.38 bits per heavy atom.